The molecule has 0 radical (unpaired) electrons. The van der Waals surface area contributed by atoms with Crippen LogP contribution in [0.4, 0.5) is 0 Å². The highest BCUT2D eigenvalue weighted by molar-refractivity contribution is 5.67. The molecule has 1 aromatic carbocycles. The van der Waals surface area contributed by atoms with E-state index in [0.29, 0.717) is 19.5 Å². The number of carboxylic acid groups (broad SMARTS) is 2. The predicted molar refractivity (Wildman–Crippen MR) is 71.0 cm³/mol. The molecule has 0 atom stereocenters. The van der Waals surface area contributed by atoms with Crippen molar-refractivity contribution in [2.45, 2.75) is 25.8 Å². The first-order chi connectivity index (χ1) is 8.97. The van der Waals surface area contributed by atoms with Crippen molar-refractivity contribution in [2.75, 3.05) is 13.6 Å². The summed E-state index contributed by atoms with van der Waals surface area (Å²) in [4.78, 5) is 22.9. The molecular weight excluding hydrogens is 246 g/mol. The van der Waals surface area contributed by atoms with Crippen molar-refractivity contribution >= 4 is 11.9 Å². The Bertz CT molecular complexity index is 445. The summed E-state index contributed by atoms with van der Waals surface area (Å²) >= 11 is 0. The van der Waals surface area contributed by atoms with Gasteiger partial charge in [-0.15, -0.1) is 0 Å². The smallest absolute Gasteiger partial charge is 0.304 e. The van der Waals surface area contributed by atoms with E-state index < -0.39 is 11.9 Å². The number of carboxylic acids is 2. The van der Waals surface area contributed by atoms with Crippen molar-refractivity contribution in [3.63, 3.8) is 0 Å². The van der Waals surface area contributed by atoms with Gasteiger partial charge in [-0.25, -0.2) is 0 Å². The van der Waals surface area contributed by atoms with Crippen LogP contribution >= 0.6 is 0 Å². The van der Waals surface area contributed by atoms with Gasteiger partial charge in [0.15, 0.2) is 0 Å². The van der Waals surface area contributed by atoms with Crippen molar-refractivity contribution in [3.8, 4) is 0 Å². The minimum Gasteiger partial charge on any atom is -0.481 e. The van der Waals surface area contributed by atoms with Gasteiger partial charge in [0.2, 0.25) is 0 Å². The predicted octanol–water partition coefficient (Wildman–Crippen LogP) is 1.61. The SMILES string of the molecule is CN(CCC(=O)O)Cc1cccc(CCC(=O)O)c1. The van der Waals surface area contributed by atoms with Gasteiger partial charge >= 0.3 is 11.9 Å². The molecule has 0 saturated heterocycles. The maximum Gasteiger partial charge on any atom is 0.304 e. The summed E-state index contributed by atoms with van der Waals surface area (Å²) in [5.41, 5.74) is 2.06. The molecule has 0 fully saturated rings. The molecule has 0 spiro atoms. The van der Waals surface area contributed by atoms with Crippen molar-refractivity contribution in [1.82, 2.24) is 4.90 Å². The molecule has 0 amide bonds. The molecular formula is C14H19NO4. The molecule has 104 valence electrons. The summed E-state index contributed by atoms with van der Waals surface area (Å²) < 4.78 is 0. The van der Waals surface area contributed by atoms with Gasteiger partial charge in [0, 0.05) is 19.5 Å². The van der Waals surface area contributed by atoms with E-state index in [9.17, 15) is 9.59 Å². The van der Waals surface area contributed by atoms with Crippen LogP contribution in [-0.2, 0) is 22.6 Å². The maximum atomic E-state index is 10.5. The summed E-state index contributed by atoms with van der Waals surface area (Å²) in [6, 6.07) is 7.74. The van der Waals surface area contributed by atoms with E-state index in [1.54, 1.807) is 0 Å². The zero-order valence-electron chi connectivity index (χ0n) is 11.0. The van der Waals surface area contributed by atoms with Crippen LogP contribution in [0.15, 0.2) is 24.3 Å². The largest absolute Gasteiger partial charge is 0.481 e. The molecule has 19 heavy (non-hydrogen) atoms. The second-order valence-corrected chi connectivity index (χ2v) is 4.60. The van der Waals surface area contributed by atoms with E-state index in [1.807, 2.05) is 36.2 Å². The molecule has 0 unspecified atom stereocenters. The molecule has 0 heterocycles. The minimum absolute atomic E-state index is 0.120. The van der Waals surface area contributed by atoms with Gasteiger partial charge in [0.1, 0.15) is 0 Å². The molecule has 0 aliphatic rings. The van der Waals surface area contributed by atoms with Crippen molar-refractivity contribution in [2.24, 2.45) is 0 Å². The zero-order chi connectivity index (χ0) is 14.3. The average molecular weight is 265 g/mol. The lowest BCUT2D eigenvalue weighted by molar-refractivity contribution is -0.138. The molecule has 0 aliphatic carbocycles. The molecule has 2 N–H and O–H groups in total. The number of carbonyl (C=O) groups is 2. The van der Waals surface area contributed by atoms with Crippen LogP contribution in [0.1, 0.15) is 24.0 Å². The van der Waals surface area contributed by atoms with Crippen LogP contribution < -0.4 is 0 Å². The third-order valence-corrected chi connectivity index (χ3v) is 2.78. The number of rotatable bonds is 8. The molecule has 5 nitrogen and oxygen atoms in total. The lowest BCUT2D eigenvalue weighted by atomic mass is 10.1. The summed E-state index contributed by atoms with van der Waals surface area (Å²) in [6.45, 7) is 1.16. The van der Waals surface area contributed by atoms with E-state index in [1.165, 1.54) is 0 Å². The summed E-state index contributed by atoms with van der Waals surface area (Å²) in [5, 5.41) is 17.3. The number of hydrogen-bond acceptors (Lipinski definition) is 3. The van der Waals surface area contributed by atoms with E-state index in [-0.39, 0.29) is 12.8 Å². The number of aliphatic carboxylic acids is 2. The summed E-state index contributed by atoms with van der Waals surface area (Å²) in [6.07, 6.45) is 0.759. The molecule has 1 rings (SSSR count). The van der Waals surface area contributed by atoms with E-state index in [0.717, 1.165) is 11.1 Å². The van der Waals surface area contributed by atoms with Crippen molar-refractivity contribution in [3.05, 3.63) is 35.4 Å². The van der Waals surface area contributed by atoms with Crippen LogP contribution in [0.2, 0.25) is 0 Å². The lowest BCUT2D eigenvalue weighted by Gasteiger charge is -2.15. The number of aryl methyl sites for hydroxylation is 1. The highest BCUT2D eigenvalue weighted by atomic mass is 16.4. The highest BCUT2D eigenvalue weighted by Gasteiger charge is 2.05. The zero-order valence-corrected chi connectivity index (χ0v) is 11.0. The number of nitrogens with zero attached hydrogens (tertiary/aromatic N) is 1. The van der Waals surface area contributed by atoms with Gasteiger partial charge in [-0.05, 0) is 24.6 Å². The fourth-order valence-corrected chi connectivity index (χ4v) is 1.81. The molecule has 0 aliphatic heterocycles. The fraction of sp³-hybridized carbons (Fsp3) is 0.429. The van der Waals surface area contributed by atoms with E-state index in [2.05, 4.69) is 0 Å². The van der Waals surface area contributed by atoms with Gasteiger partial charge in [0.25, 0.3) is 0 Å². The topological polar surface area (TPSA) is 77.8 Å². The van der Waals surface area contributed by atoms with Crippen LogP contribution in [0.5, 0.6) is 0 Å². The van der Waals surface area contributed by atoms with E-state index in [4.69, 9.17) is 10.2 Å². The van der Waals surface area contributed by atoms with Crippen LogP contribution in [-0.4, -0.2) is 40.6 Å². The minimum atomic E-state index is -0.804. The van der Waals surface area contributed by atoms with Crippen LogP contribution in [0.25, 0.3) is 0 Å². The first-order valence-electron chi connectivity index (χ1n) is 6.17. The molecule has 0 saturated carbocycles. The number of hydrogen-bond donors (Lipinski definition) is 2. The van der Waals surface area contributed by atoms with Gasteiger partial charge in [0.05, 0.1) is 6.42 Å². The molecule has 5 heteroatoms. The molecule has 0 bridgehead atoms. The lowest BCUT2D eigenvalue weighted by Crippen LogP contribution is -2.21. The molecule has 0 aromatic heterocycles. The van der Waals surface area contributed by atoms with Gasteiger partial charge in [-0.3, -0.25) is 9.59 Å². The van der Waals surface area contributed by atoms with Gasteiger partial charge in [-0.2, -0.15) is 0 Å². The Morgan fingerprint density at radius 2 is 1.74 bits per heavy atom. The first-order valence-corrected chi connectivity index (χ1v) is 6.17. The maximum absolute atomic E-state index is 10.5. The normalized spacial score (nSPS) is 10.6. The Morgan fingerprint density at radius 1 is 1.11 bits per heavy atom. The monoisotopic (exact) mass is 265 g/mol. The third kappa shape index (κ3) is 6.57. The Morgan fingerprint density at radius 3 is 2.37 bits per heavy atom. The third-order valence-electron chi connectivity index (χ3n) is 2.78. The highest BCUT2D eigenvalue weighted by Crippen LogP contribution is 2.10. The van der Waals surface area contributed by atoms with E-state index >= 15 is 0 Å². The quantitative estimate of drug-likeness (QED) is 0.746. The number of benzene rings is 1. The Hall–Kier alpha value is -1.88. The van der Waals surface area contributed by atoms with Gasteiger partial charge in [-0.1, -0.05) is 24.3 Å². The molecule has 1 aromatic rings. The average Bonchev–Trinajstić information content (AvgIpc) is 2.34. The van der Waals surface area contributed by atoms with Crippen molar-refractivity contribution < 1.29 is 19.8 Å². The second-order valence-electron chi connectivity index (χ2n) is 4.60. The first kappa shape index (κ1) is 15.2. The standard InChI is InChI=1S/C14H19NO4/c1-15(8-7-14(18)19)10-12-4-2-3-11(9-12)5-6-13(16)17/h2-4,9H,5-8,10H2,1H3,(H,16,17)(H,18,19). The fourth-order valence-electron chi connectivity index (χ4n) is 1.81. The van der Waals surface area contributed by atoms with Crippen molar-refractivity contribution in [1.29, 1.82) is 0 Å². The second kappa shape index (κ2) is 7.53. The van der Waals surface area contributed by atoms with Crippen LogP contribution in [0, 0.1) is 0 Å². The Balaban J connectivity index is 2.51. The summed E-state index contributed by atoms with van der Waals surface area (Å²) in [7, 11) is 1.87. The Labute approximate surface area is 112 Å². The Kier molecular flexibility index (Phi) is 6.02. The summed E-state index contributed by atoms with van der Waals surface area (Å²) in [5.74, 6) is -1.61. The van der Waals surface area contributed by atoms with Gasteiger partial charge < -0.3 is 15.1 Å². The van der Waals surface area contributed by atoms with Crippen LogP contribution in [0.3, 0.4) is 0 Å².